The summed E-state index contributed by atoms with van der Waals surface area (Å²) in [6, 6.07) is 48.4. The van der Waals surface area contributed by atoms with Crippen molar-refractivity contribution in [1.29, 1.82) is 0 Å². The molecule has 6 heteroatoms. The maximum Gasteiger partial charge on any atom is 0.298 e. The van der Waals surface area contributed by atoms with Crippen LogP contribution in [0.15, 0.2) is 152 Å². The number of hydrogen-bond donors (Lipinski definition) is 0. The highest BCUT2D eigenvalue weighted by Gasteiger charge is 2.39. The second-order valence-corrected chi connectivity index (χ2v) is 21.3. The van der Waals surface area contributed by atoms with Gasteiger partial charge in [0.15, 0.2) is 0 Å². The number of anilines is 4. The lowest BCUT2D eigenvalue weighted by Crippen LogP contribution is -2.30. The minimum absolute atomic E-state index is 0.0388. The number of rotatable bonds is 7. The Morgan fingerprint density at radius 2 is 1.05 bits per heavy atom. The minimum atomic E-state index is -3.34. The molecule has 6 aromatic carbocycles. The molecule has 4 nitrogen and oxygen atoms in total. The van der Waals surface area contributed by atoms with Crippen molar-refractivity contribution in [3.05, 3.63) is 191 Å². The summed E-state index contributed by atoms with van der Waals surface area (Å²) in [5.41, 5.74) is 10.1. The van der Waals surface area contributed by atoms with Crippen LogP contribution in [-0.4, -0.2) is 16.2 Å². The Morgan fingerprint density at radius 1 is 0.453 bits per heavy atom. The predicted octanol–water partition coefficient (Wildman–Crippen LogP) is 15.8. The van der Waals surface area contributed by atoms with Crippen molar-refractivity contribution in [2.75, 3.05) is 16.5 Å². The summed E-state index contributed by atoms with van der Waals surface area (Å²) in [5, 5.41) is 1.88. The standard InChI is InChI=1S/C58H60F2N4/c1-54(2,3)41-32-42(34-43(33-41)62-37-63(50-27-18-17-26-49(50)62)53-46(55(4,5)6)23-19-24-47(53)56(7,8)9)58(59,60)40-28-29-45-44-22-15-16-25-48(44)64(51(45)35-40)52-36-39(30-31-61-52)57(10,11)38-20-13-12-14-21-38/h12-36H,37H2,1-11H3. The molecular formula is C58H60F2N4. The summed E-state index contributed by atoms with van der Waals surface area (Å²) < 4.78 is 37.6. The third kappa shape index (κ3) is 7.35. The Kier molecular flexibility index (Phi) is 10.2. The molecule has 0 N–H and O–H groups in total. The Balaban J connectivity index is 1.19. The average molecular weight is 851 g/mol. The summed E-state index contributed by atoms with van der Waals surface area (Å²) in [5.74, 6) is -2.65. The first-order valence-electron chi connectivity index (χ1n) is 22.5. The lowest BCUT2D eigenvalue weighted by Gasteiger charge is -2.35. The van der Waals surface area contributed by atoms with E-state index in [4.69, 9.17) is 4.98 Å². The van der Waals surface area contributed by atoms with E-state index in [9.17, 15) is 0 Å². The van der Waals surface area contributed by atoms with Gasteiger partial charge < -0.3 is 9.80 Å². The molecule has 0 radical (unpaired) electrons. The van der Waals surface area contributed by atoms with Gasteiger partial charge in [0.25, 0.3) is 5.92 Å². The van der Waals surface area contributed by atoms with Crippen molar-refractivity contribution >= 4 is 44.6 Å². The van der Waals surface area contributed by atoms with Gasteiger partial charge >= 0.3 is 0 Å². The van der Waals surface area contributed by atoms with E-state index >= 15 is 8.78 Å². The molecule has 326 valence electrons. The SMILES string of the molecule is CC(C)(C)c1cc(N2CN(c3c(C(C)(C)C)cccc3C(C)(C)C)c3ccccc32)cc(C(F)(F)c2ccc3c4ccccc4n(-c4cc(C(C)(C)c5ccccc5)ccn4)c3c2)c1. The van der Waals surface area contributed by atoms with Crippen LogP contribution in [0.1, 0.15) is 115 Å². The van der Waals surface area contributed by atoms with Crippen molar-refractivity contribution in [3.8, 4) is 5.82 Å². The molecule has 0 amide bonds. The second kappa shape index (κ2) is 15.2. The van der Waals surface area contributed by atoms with Crippen LogP contribution < -0.4 is 9.80 Å². The van der Waals surface area contributed by atoms with E-state index in [1.54, 1.807) is 24.3 Å². The molecule has 0 unspecified atom stereocenters. The zero-order valence-electron chi connectivity index (χ0n) is 39.2. The molecule has 0 aliphatic carbocycles. The van der Waals surface area contributed by atoms with E-state index in [1.165, 1.54) is 22.4 Å². The Labute approximate surface area is 378 Å². The molecule has 0 spiro atoms. The first-order valence-corrected chi connectivity index (χ1v) is 22.5. The van der Waals surface area contributed by atoms with Crippen LogP contribution >= 0.6 is 0 Å². The number of pyridine rings is 1. The van der Waals surface area contributed by atoms with Crippen LogP contribution in [0.3, 0.4) is 0 Å². The zero-order chi connectivity index (χ0) is 45.6. The number of hydrogen-bond acceptors (Lipinski definition) is 3. The highest BCUT2D eigenvalue weighted by atomic mass is 19.3. The third-order valence-electron chi connectivity index (χ3n) is 13.4. The van der Waals surface area contributed by atoms with Gasteiger partial charge in [-0.3, -0.25) is 4.57 Å². The minimum Gasteiger partial charge on any atom is -0.321 e. The molecule has 0 saturated carbocycles. The first kappa shape index (κ1) is 43.0. The predicted molar refractivity (Wildman–Crippen MR) is 265 cm³/mol. The Bertz CT molecular complexity index is 3010. The van der Waals surface area contributed by atoms with Gasteiger partial charge in [0.05, 0.1) is 28.1 Å². The number of alkyl halides is 2. The van der Waals surface area contributed by atoms with Crippen LogP contribution in [-0.2, 0) is 27.6 Å². The van der Waals surface area contributed by atoms with E-state index in [-0.39, 0.29) is 27.4 Å². The quantitative estimate of drug-likeness (QED) is 0.160. The maximum absolute atomic E-state index is 17.8. The highest BCUT2D eigenvalue weighted by molar-refractivity contribution is 6.09. The first-order chi connectivity index (χ1) is 30.2. The van der Waals surface area contributed by atoms with Crippen molar-refractivity contribution in [3.63, 3.8) is 0 Å². The summed E-state index contributed by atoms with van der Waals surface area (Å²) in [6.07, 6.45) is 1.83. The largest absolute Gasteiger partial charge is 0.321 e. The number of nitrogens with zero attached hydrogens (tertiary/aromatic N) is 4. The van der Waals surface area contributed by atoms with Crippen LogP contribution in [0.25, 0.3) is 27.6 Å². The van der Waals surface area contributed by atoms with Gasteiger partial charge in [-0.2, -0.15) is 8.78 Å². The van der Waals surface area contributed by atoms with Crippen molar-refractivity contribution < 1.29 is 8.78 Å². The summed E-state index contributed by atoms with van der Waals surface area (Å²) in [6.45, 7) is 24.7. The number of benzene rings is 6. The molecule has 9 rings (SSSR count). The number of para-hydroxylation sites is 4. The summed E-state index contributed by atoms with van der Waals surface area (Å²) in [7, 11) is 0. The van der Waals surface area contributed by atoms with E-state index in [0.29, 0.717) is 18.0 Å². The van der Waals surface area contributed by atoms with Gasteiger partial charge in [-0.15, -0.1) is 0 Å². The van der Waals surface area contributed by atoms with E-state index in [2.05, 4.69) is 171 Å². The fourth-order valence-electron chi connectivity index (χ4n) is 9.58. The maximum atomic E-state index is 17.8. The van der Waals surface area contributed by atoms with Crippen LogP contribution in [0.2, 0.25) is 0 Å². The monoisotopic (exact) mass is 850 g/mol. The number of fused-ring (bicyclic) bond motifs is 4. The molecule has 0 fully saturated rings. The van der Waals surface area contributed by atoms with Crippen molar-refractivity contribution in [2.45, 2.75) is 104 Å². The normalized spacial score (nSPS) is 13.9. The average Bonchev–Trinajstić information content (AvgIpc) is 3.81. The number of aromatic nitrogens is 2. The van der Waals surface area contributed by atoms with Crippen LogP contribution in [0.5, 0.6) is 0 Å². The van der Waals surface area contributed by atoms with E-state index in [1.807, 2.05) is 47.2 Å². The second-order valence-electron chi connectivity index (χ2n) is 21.3. The molecule has 0 atom stereocenters. The molecule has 0 saturated heterocycles. The van der Waals surface area contributed by atoms with Gasteiger partial charge in [0, 0.05) is 39.2 Å². The third-order valence-corrected chi connectivity index (χ3v) is 13.4. The van der Waals surface area contributed by atoms with Crippen LogP contribution in [0, 0.1) is 0 Å². The lowest BCUT2D eigenvalue weighted by molar-refractivity contribution is 0.0428. The Morgan fingerprint density at radius 3 is 1.70 bits per heavy atom. The molecular weight excluding hydrogens is 791 g/mol. The van der Waals surface area contributed by atoms with Gasteiger partial charge in [-0.05, 0) is 98.7 Å². The lowest BCUT2D eigenvalue weighted by atomic mass is 9.78. The number of halogens is 2. The van der Waals surface area contributed by atoms with Crippen LogP contribution in [0.4, 0.5) is 31.5 Å². The molecule has 0 bridgehead atoms. The van der Waals surface area contributed by atoms with Gasteiger partial charge in [-0.25, -0.2) is 4.98 Å². The fraction of sp³-hybridized carbons (Fsp3) is 0.293. The van der Waals surface area contributed by atoms with Gasteiger partial charge in [0.1, 0.15) is 12.5 Å². The molecule has 2 aromatic heterocycles. The topological polar surface area (TPSA) is 24.3 Å². The zero-order valence-corrected chi connectivity index (χ0v) is 39.2. The smallest absolute Gasteiger partial charge is 0.298 e. The van der Waals surface area contributed by atoms with E-state index in [0.717, 1.165) is 44.5 Å². The molecule has 1 aliphatic rings. The summed E-state index contributed by atoms with van der Waals surface area (Å²) in [4.78, 5) is 9.50. The van der Waals surface area contributed by atoms with Gasteiger partial charge in [-0.1, -0.05) is 167 Å². The fourth-order valence-corrected chi connectivity index (χ4v) is 9.58. The summed E-state index contributed by atoms with van der Waals surface area (Å²) >= 11 is 0. The van der Waals surface area contributed by atoms with E-state index < -0.39 is 11.3 Å². The van der Waals surface area contributed by atoms with Gasteiger partial charge in [0.2, 0.25) is 0 Å². The molecule has 64 heavy (non-hydrogen) atoms. The molecule has 3 heterocycles. The van der Waals surface area contributed by atoms with Crippen molar-refractivity contribution in [1.82, 2.24) is 9.55 Å². The Hall–Kier alpha value is -6.27. The molecule has 8 aromatic rings. The molecule has 1 aliphatic heterocycles. The van der Waals surface area contributed by atoms with Crippen molar-refractivity contribution in [2.24, 2.45) is 0 Å². The highest BCUT2D eigenvalue weighted by Crippen LogP contribution is 2.51.